The van der Waals surface area contributed by atoms with E-state index in [-0.39, 0.29) is 12.0 Å². The highest BCUT2D eigenvalue weighted by molar-refractivity contribution is 5.76. The van der Waals surface area contributed by atoms with E-state index in [0.29, 0.717) is 24.9 Å². The van der Waals surface area contributed by atoms with Gasteiger partial charge < -0.3 is 4.74 Å². The molecule has 7 nitrogen and oxygen atoms in total. The largest absolute Gasteiger partial charge is 0.464 e. The van der Waals surface area contributed by atoms with Crippen LogP contribution in [0.5, 0.6) is 0 Å². The van der Waals surface area contributed by atoms with Gasteiger partial charge in [0, 0.05) is 18.7 Å². The molecule has 1 aromatic rings. The number of aromatic amines is 1. The molecule has 2 heterocycles. The summed E-state index contributed by atoms with van der Waals surface area (Å²) >= 11 is 0. The van der Waals surface area contributed by atoms with E-state index in [2.05, 4.69) is 31.6 Å². The molecule has 0 spiro atoms. The second-order valence-electron chi connectivity index (χ2n) is 5.42. The van der Waals surface area contributed by atoms with Gasteiger partial charge in [-0.05, 0) is 24.5 Å². The van der Waals surface area contributed by atoms with Gasteiger partial charge in [0.25, 0.3) is 0 Å². The third-order valence-corrected chi connectivity index (χ3v) is 3.26. The molecule has 1 aliphatic heterocycles. The van der Waals surface area contributed by atoms with E-state index in [4.69, 9.17) is 4.74 Å². The molecular weight excluding hydrogens is 258 g/mol. The number of hydrogen-bond acceptors (Lipinski definition) is 6. The van der Waals surface area contributed by atoms with Crippen molar-refractivity contribution < 1.29 is 9.53 Å². The Morgan fingerprint density at radius 1 is 1.50 bits per heavy atom. The van der Waals surface area contributed by atoms with Crippen molar-refractivity contribution in [2.45, 2.75) is 33.2 Å². The first-order chi connectivity index (χ1) is 9.58. The molecule has 1 aliphatic rings. The SMILES string of the molecule is CC(C)COC(=O)C(C)N1CCC=C(c2nn[nH]n2)C1. The Kier molecular flexibility index (Phi) is 4.84. The van der Waals surface area contributed by atoms with Gasteiger partial charge in [-0.25, -0.2) is 0 Å². The molecule has 0 saturated carbocycles. The van der Waals surface area contributed by atoms with E-state index in [1.807, 2.05) is 20.8 Å². The zero-order valence-corrected chi connectivity index (χ0v) is 12.2. The summed E-state index contributed by atoms with van der Waals surface area (Å²) in [4.78, 5) is 14.1. The van der Waals surface area contributed by atoms with E-state index >= 15 is 0 Å². The number of tetrazole rings is 1. The minimum absolute atomic E-state index is 0.173. The molecule has 0 radical (unpaired) electrons. The fourth-order valence-corrected chi connectivity index (χ4v) is 2.08. The van der Waals surface area contributed by atoms with E-state index in [1.54, 1.807) is 0 Å². The molecule has 0 bridgehead atoms. The summed E-state index contributed by atoms with van der Waals surface area (Å²) < 4.78 is 5.29. The minimum atomic E-state index is -0.260. The maximum atomic E-state index is 12.0. The summed E-state index contributed by atoms with van der Waals surface area (Å²) in [7, 11) is 0. The third kappa shape index (κ3) is 3.63. The molecular formula is C13H21N5O2. The number of carbonyl (C=O) groups excluding carboxylic acids is 1. The highest BCUT2D eigenvalue weighted by Crippen LogP contribution is 2.19. The first-order valence-electron chi connectivity index (χ1n) is 6.91. The molecule has 7 heteroatoms. The maximum absolute atomic E-state index is 12.0. The molecule has 1 aromatic heterocycles. The molecule has 0 saturated heterocycles. The molecule has 1 unspecified atom stereocenters. The van der Waals surface area contributed by atoms with Gasteiger partial charge in [0.05, 0.1) is 6.61 Å². The normalized spacial score (nSPS) is 17.9. The topological polar surface area (TPSA) is 84.0 Å². The van der Waals surface area contributed by atoms with E-state index < -0.39 is 0 Å². The molecule has 1 atom stereocenters. The van der Waals surface area contributed by atoms with Crippen LogP contribution in [0.3, 0.4) is 0 Å². The van der Waals surface area contributed by atoms with Gasteiger partial charge in [-0.3, -0.25) is 9.69 Å². The number of nitrogens with zero attached hydrogens (tertiary/aromatic N) is 4. The molecule has 0 aromatic carbocycles. The monoisotopic (exact) mass is 279 g/mol. The van der Waals surface area contributed by atoms with Crippen molar-refractivity contribution in [3.8, 4) is 0 Å². The lowest BCUT2D eigenvalue weighted by Crippen LogP contribution is -2.43. The molecule has 0 aliphatic carbocycles. The van der Waals surface area contributed by atoms with Crippen LogP contribution in [0.25, 0.3) is 5.57 Å². The smallest absolute Gasteiger partial charge is 0.323 e. The summed E-state index contributed by atoms with van der Waals surface area (Å²) in [5.41, 5.74) is 0.994. The van der Waals surface area contributed by atoms with Crippen LogP contribution in [-0.2, 0) is 9.53 Å². The highest BCUT2D eigenvalue weighted by Gasteiger charge is 2.26. The van der Waals surface area contributed by atoms with Gasteiger partial charge in [0.1, 0.15) is 6.04 Å². The molecule has 2 rings (SSSR count). The zero-order chi connectivity index (χ0) is 14.5. The van der Waals surface area contributed by atoms with Crippen LogP contribution in [0, 0.1) is 5.92 Å². The van der Waals surface area contributed by atoms with Crippen LogP contribution >= 0.6 is 0 Å². The molecule has 0 fully saturated rings. The number of esters is 1. The quantitative estimate of drug-likeness (QED) is 0.805. The van der Waals surface area contributed by atoms with Gasteiger partial charge >= 0.3 is 5.97 Å². The minimum Gasteiger partial charge on any atom is -0.464 e. The lowest BCUT2D eigenvalue weighted by atomic mass is 10.1. The standard InChI is InChI=1S/C13H21N5O2/c1-9(2)8-20-13(19)10(3)18-6-4-5-11(7-18)12-14-16-17-15-12/h5,9-10H,4,6-8H2,1-3H3,(H,14,15,16,17). The van der Waals surface area contributed by atoms with Gasteiger partial charge in [0.15, 0.2) is 0 Å². The molecule has 110 valence electrons. The first-order valence-corrected chi connectivity index (χ1v) is 6.91. The summed E-state index contributed by atoms with van der Waals surface area (Å²) in [5.74, 6) is 0.771. The Morgan fingerprint density at radius 3 is 2.95 bits per heavy atom. The van der Waals surface area contributed by atoms with E-state index in [9.17, 15) is 4.79 Å². The van der Waals surface area contributed by atoms with Crippen LogP contribution in [0.15, 0.2) is 6.08 Å². The number of ether oxygens (including phenoxy) is 1. The predicted molar refractivity (Wildman–Crippen MR) is 73.6 cm³/mol. The second kappa shape index (κ2) is 6.60. The Labute approximate surface area is 118 Å². The highest BCUT2D eigenvalue weighted by atomic mass is 16.5. The fourth-order valence-electron chi connectivity index (χ4n) is 2.08. The van der Waals surface area contributed by atoms with E-state index in [0.717, 1.165) is 18.5 Å². The summed E-state index contributed by atoms with van der Waals surface area (Å²) in [6, 6.07) is -0.260. The zero-order valence-electron chi connectivity index (χ0n) is 12.2. The number of H-pyrrole nitrogens is 1. The summed E-state index contributed by atoms with van der Waals surface area (Å²) in [6.45, 7) is 7.86. The van der Waals surface area contributed by atoms with Gasteiger partial charge in [-0.15, -0.1) is 10.2 Å². The van der Waals surface area contributed by atoms with Crippen LogP contribution in [0.4, 0.5) is 0 Å². The van der Waals surface area contributed by atoms with Crippen LogP contribution in [0.2, 0.25) is 0 Å². The Balaban J connectivity index is 1.93. The molecule has 1 N–H and O–H groups in total. The van der Waals surface area contributed by atoms with E-state index in [1.165, 1.54) is 0 Å². The lowest BCUT2D eigenvalue weighted by molar-refractivity contribution is -0.150. The Bertz CT molecular complexity index is 469. The van der Waals surface area contributed by atoms with Crippen molar-refractivity contribution in [1.29, 1.82) is 0 Å². The Morgan fingerprint density at radius 2 is 2.30 bits per heavy atom. The second-order valence-corrected chi connectivity index (χ2v) is 5.42. The van der Waals surface area contributed by atoms with Crippen molar-refractivity contribution in [2.75, 3.05) is 19.7 Å². The van der Waals surface area contributed by atoms with Crippen molar-refractivity contribution in [3.63, 3.8) is 0 Å². The average molecular weight is 279 g/mol. The van der Waals surface area contributed by atoms with Crippen LogP contribution < -0.4 is 0 Å². The predicted octanol–water partition coefficient (Wildman–Crippen LogP) is 0.876. The molecule has 0 amide bonds. The average Bonchev–Trinajstić information content (AvgIpc) is 2.98. The number of rotatable bonds is 5. The lowest BCUT2D eigenvalue weighted by Gasteiger charge is -2.30. The van der Waals surface area contributed by atoms with Crippen molar-refractivity contribution in [1.82, 2.24) is 25.5 Å². The van der Waals surface area contributed by atoms with Gasteiger partial charge in [-0.2, -0.15) is 5.21 Å². The van der Waals surface area contributed by atoms with Crippen molar-refractivity contribution >= 4 is 11.5 Å². The van der Waals surface area contributed by atoms with Gasteiger partial charge in [0.2, 0.25) is 5.82 Å². The number of carbonyl (C=O) groups is 1. The maximum Gasteiger partial charge on any atom is 0.323 e. The van der Waals surface area contributed by atoms with Crippen LogP contribution in [0.1, 0.15) is 33.0 Å². The number of aromatic nitrogens is 4. The molecule has 20 heavy (non-hydrogen) atoms. The number of nitrogens with one attached hydrogen (secondary N) is 1. The third-order valence-electron chi connectivity index (χ3n) is 3.26. The summed E-state index contributed by atoms with van der Waals surface area (Å²) in [5, 5.41) is 14.0. The van der Waals surface area contributed by atoms with Crippen molar-refractivity contribution in [3.05, 3.63) is 11.9 Å². The van der Waals surface area contributed by atoms with Crippen molar-refractivity contribution in [2.24, 2.45) is 5.92 Å². The summed E-state index contributed by atoms with van der Waals surface area (Å²) in [6.07, 6.45) is 2.96. The number of hydrogen-bond donors (Lipinski definition) is 1. The van der Waals surface area contributed by atoms with Gasteiger partial charge in [-0.1, -0.05) is 19.9 Å². The fraction of sp³-hybridized carbons (Fsp3) is 0.692. The van der Waals surface area contributed by atoms with Crippen LogP contribution in [-0.4, -0.2) is 57.2 Å². The Hall–Kier alpha value is -1.76. The first kappa shape index (κ1) is 14.6.